The summed E-state index contributed by atoms with van der Waals surface area (Å²) < 4.78 is 9.03. The summed E-state index contributed by atoms with van der Waals surface area (Å²) in [6, 6.07) is 1.81. The van der Waals surface area contributed by atoms with Gasteiger partial charge >= 0.3 is 17.1 Å². The highest BCUT2D eigenvalue weighted by molar-refractivity contribution is 9.10. The Kier molecular flexibility index (Phi) is 4.75. The van der Waals surface area contributed by atoms with E-state index in [4.69, 9.17) is 4.74 Å². The minimum absolute atomic E-state index is 0.0776. The van der Waals surface area contributed by atoms with Crippen molar-refractivity contribution in [3.63, 3.8) is 0 Å². The molecule has 3 N–H and O–H groups in total. The Bertz CT molecular complexity index is 941. The smallest absolute Gasteiger partial charge is 0.378 e. The minimum Gasteiger partial charge on any atom is -0.477 e. The Hall–Kier alpha value is -1.87. The lowest BCUT2D eigenvalue weighted by Crippen LogP contribution is -2.50. The van der Waals surface area contributed by atoms with Crippen LogP contribution in [0.2, 0.25) is 0 Å². The number of carbonyl (C=O) groups excluding carboxylic acids is 1. The number of aromatic amines is 1. The third kappa shape index (κ3) is 3.38. The van der Waals surface area contributed by atoms with E-state index in [2.05, 4.69) is 33.3 Å². The topological polar surface area (TPSA) is 99.7 Å². The third-order valence-corrected chi connectivity index (χ3v) is 6.19. The van der Waals surface area contributed by atoms with E-state index in [0.717, 1.165) is 32.1 Å². The van der Waals surface area contributed by atoms with Crippen molar-refractivity contribution in [2.75, 3.05) is 13.2 Å². The first-order chi connectivity index (χ1) is 12.9. The number of amides is 1. The number of carbonyl (C=O) groups is 1. The van der Waals surface area contributed by atoms with Crippen LogP contribution in [0.25, 0.3) is 5.65 Å². The van der Waals surface area contributed by atoms with Crippen LogP contribution in [-0.4, -0.2) is 39.9 Å². The van der Waals surface area contributed by atoms with Gasteiger partial charge in [-0.15, -0.1) is 0 Å². The van der Waals surface area contributed by atoms with Crippen molar-refractivity contribution in [3.8, 4) is 5.88 Å². The molecule has 1 aliphatic carbocycles. The summed E-state index contributed by atoms with van der Waals surface area (Å²) in [7, 11) is 0. The van der Waals surface area contributed by atoms with Crippen molar-refractivity contribution in [3.05, 3.63) is 26.6 Å². The van der Waals surface area contributed by atoms with E-state index in [1.807, 2.05) is 0 Å². The molecule has 1 saturated heterocycles. The molecule has 0 spiro atoms. The number of aromatic nitrogens is 3. The largest absolute Gasteiger partial charge is 0.477 e. The fourth-order valence-corrected chi connectivity index (χ4v) is 4.13. The fourth-order valence-electron chi connectivity index (χ4n) is 3.75. The molecule has 0 atom stereocenters. The highest BCUT2D eigenvalue weighted by Crippen LogP contribution is 2.31. The number of aromatic hydroxyl groups is 1. The monoisotopic (exact) mass is 439 g/mol. The normalized spacial score (nSPS) is 19.8. The minimum atomic E-state index is -0.557. The van der Waals surface area contributed by atoms with Gasteiger partial charge in [0.2, 0.25) is 5.56 Å². The van der Waals surface area contributed by atoms with E-state index in [9.17, 15) is 14.7 Å². The summed E-state index contributed by atoms with van der Waals surface area (Å²) in [6.45, 7) is 3.96. The van der Waals surface area contributed by atoms with Gasteiger partial charge in [-0.1, -0.05) is 11.4 Å². The quantitative estimate of drug-likeness (QED) is 0.628. The molecular formula is C18H24BrN4O4+. The van der Waals surface area contributed by atoms with Gasteiger partial charge in [-0.05, 0) is 48.0 Å². The lowest BCUT2D eigenvalue weighted by atomic mass is 9.82. The molecule has 0 aromatic carbocycles. The molecule has 2 fully saturated rings. The number of nitrogens with zero attached hydrogens (tertiary/aromatic N) is 2. The molecule has 2 aromatic rings. The summed E-state index contributed by atoms with van der Waals surface area (Å²) in [5.41, 5.74) is -0.357. The van der Waals surface area contributed by atoms with Crippen LogP contribution in [0.5, 0.6) is 5.88 Å². The molecule has 2 aliphatic rings. The maximum atomic E-state index is 12.9. The summed E-state index contributed by atoms with van der Waals surface area (Å²) in [5, 5.41) is 16.7. The van der Waals surface area contributed by atoms with Crippen LogP contribution in [0, 0.1) is 5.41 Å². The molecule has 146 valence electrons. The van der Waals surface area contributed by atoms with E-state index in [1.165, 1.54) is 4.52 Å². The summed E-state index contributed by atoms with van der Waals surface area (Å²) in [6.07, 6.45) is 4.57. The zero-order valence-corrected chi connectivity index (χ0v) is 16.8. The van der Waals surface area contributed by atoms with Crippen LogP contribution in [0.4, 0.5) is 0 Å². The van der Waals surface area contributed by atoms with Crippen molar-refractivity contribution in [2.45, 2.75) is 51.6 Å². The highest BCUT2D eigenvalue weighted by atomic mass is 79.9. The van der Waals surface area contributed by atoms with E-state index < -0.39 is 11.5 Å². The van der Waals surface area contributed by atoms with Gasteiger partial charge in [-0.25, -0.2) is 9.89 Å². The fraction of sp³-hybridized carbons (Fsp3) is 0.611. The molecule has 2 aromatic heterocycles. The Morgan fingerprint density at radius 1 is 1.48 bits per heavy atom. The molecule has 9 heteroatoms. The summed E-state index contributed by atoms with van der Waals surface area (Å²) in [4.78, 5) is 25.6. The predicted molar refractivity (Wildman–Crippen MR) is 101 cm³/mol. The van der Waals surface area contributed by atoms with Gasteiger partial charge in [0, 0.05) is 24.7 Å². The van der Waals surface area contributed by atoms with Crippen molar-refractivity contribution < 1.29 is 19.2 Å². The van der Waals surface area contributed by atoms with Crippen molar-refractivity contribution in [1.29, 1.82) is 0 Å². The predicted octanol–water partition coefficient (Wildman–Crippen LogP) is 1.48. The second-order valence-electron chi connectivity index (χ2n) is 7.91. The zero-order chi connectivity index (χ0) is 19.2. The first-order valence-electron chi connectivity index (χ1n) is 9.33. The van der Waals surface area contributed by atoms with Crippen molar-refractivity contribution >= 4 is 27.5 Å². The van der Waals surface area contributed by atoms with E-state index in [0.29, 0.717) is 30.0 Å². The molecule has 0 unspecified atom stereocenters. The molecule has 8 nitrogen and oxygen atoms in total. The molecule has 1 amide bonds. The Balaban J connectivity index is 1.81. The second kappa shape index (κ2) is 6.94. The molecule has 0 radical (unpaired) electrons. The van der Waals surface area contributed by atoms with Crippen LogP contribution < -0.4 is 15.4 Å². The average Bonchev–Trinajstić information content (AvgIpc) is 2.98. The number of fused-ring (bicyclic) bond motifs is 1. The van der Waals surface area contributed by atoms with Crippen LogP contribution >= 0.6 is 15.9 Å². The standard InChI is InChI=1S/C18H23BrN4O4/c1-18(5-7-27-8-6-18)10-22-13-9-12(19)21-23(13)17(26)14(16(22)25)15(24)20-11-3-2-4-11/h9,11H,2-8,10H2,1H3,(H2,20,24,25,26)/p+1. The van der Waals surface area contributed by atoms with Crippen LogP contribution in [0.1, 0.15) is 49.4 Å². The molecule has 1 saturated carbocycles. The number of rotatable bonds is 4. The third-order valence-electron chi connectivity index (χ3n) is 5.78. The molecular weight excluding hydrogens is 416 g/mol. The van der Waals surface area contributed by atoms with Gasteiger partial charge in [-0.3, -0.25) is 4.79 Å². The average molecular weight is 440 g/mol. The lowest BCUT2D eigenvalue weighted by Gasteiger charge is -2.32. The Morgan fingerprint density at radius 3 is 2.81 bits per heavy atom. The van der Waals surface area contributed by atoms with E-state index in [1.54, 1.807) is 10.6 Å². The maximum Gasteiger partial charge on any atom is 0.378 e. The number of ether oxygens (including phenoxy) is 1. The molecule has 4 rings (SSSR count). The van der Waals surface area contributed by atoms with Gasteiger partial charge in [0.25, 0.3) is 5.91 Å². The summed E-state index contributed by atoms with van der Waals surface area (Å²) in [5.74, 6) is -0.802. The molecule has 1 aliphatic heterocycles. The van der Waals surface area contributed by atoms with Crippen molar-refractivity contribution in [1.82, 2.24) is 14.9 Å². The van der Waals surface area contributed by atoms with Gasteiger partial charge in [0.15, 0.2) is 0 Å². The second-order valence-corrected chi connectivity index (χ2v) is 8.77. The van der Waals surface area contributed by atoms with Gasteiger partial charge in [-0.2, -0.15) is 4.57 Å². The van der Waals surface area contributed by atoms with Gasteiger partial charge in [0.1, 0.15) is 4.60 Å². The molecule has 0 bridgehead atoms. The Labute approximate surface area is 164 Å². The number of hydrogen-bond donors (Lipinski definition) is 3. The SMILES string of the molecule is CC1(C[n+]2c(O)c(C(=O)NC3CCC3)c(=O)n3[nH]c(Br)cc32)CCOCC1. The highest BCUT2D eigenvalue weighted by Gasteiger charge is 2.37. The number of hydrogen-bond acceptors (Lipinski definition) is 4. The maximum absolute atomic E-state index is 12.9. The van der Waals surface area contributed by atoms with Crippen LogP contribution in [-0.2, 0) is 11.3 Å². The van der Waals surface area contributed by atoms with Crippen molar-refractivity contribution in [2.24, 2.45) is 5.41 Å². The first kappa shape index (κ1) is 18.5. The summed E-state index contributed by atoms with van der Waals surface area (Å²) >= 11 is 3.35. The number of H-pyrrole nitrogens is 1. The molecule has 3 heterocycles. The molecule has 27 heavy (non-hydrogen) atoms. The lowest BCUT2D eigenvalue weighted by molar-refractivity contribution is -0.694. The van der Waals surface area contributed by atoms with Gasteiger partial charge < -0.3 is 15.2 Å². The van der Waals surface area contributed by atoms with Crippen LogP contribution in [0.15, 0.2) is 15.5 Å². The van der Waals surface area contributed by atoms with Gasteiger partial charge in [0.05, 0.1) is 12.6 Å². The number of nitrogens with one attached hydrogen (secondary N) is 2. The Morgan fingerprint density at radius 2 is 2.19 bits per heavy atom. The van der Waals surface area contributed by atoms with E-state index in [-0.39, 0.29) is 22.9 Å². The van der Waals surface area contributed by atoms with E-state index >= 15 is 0 Å². The number of halogens is 1. The van der Waals surface area contributed by atoms with Crippen LogP contribution in [0.3, 0.4) is 0 Å². The zero-order valence-electron chi connectivity index (χ0n) is 15.3. The first-order valence-corrected chi connectivity index (χ1v) is 10.1.